The van der Waals surface area contributed by atoms with E-state index in [9.17, 15) is 9.59 Å². The van der Waals surface area contributed by atoms with E-state index in [2.05, 4.69) is 20.3 Å². The Kier molecular flexibility index (Phi) is 2.86. The van der Waals surface area contributed by atoms with Crippen LogP contribution in [0.4, 0.5) is 5.95 Å². The van der Waals surface area contributed by atoms with Crippen molar-refractivity contribution in [2.45, 2.75) is 6.54 Å². The Hall–Kier alpha value is -2.83. The van der Waals surface area contributed by atoms with Gasteiger partial charge in [0.05, 0.1) is 0 Å². The van der Waals surface area contributed by atoms with E-state index in [0.717, 1.165) is 5.56 Å². The molecule has 2 heterocycles. The number of H-pyrrole nitrogens is 2. The number of imidazole rings is 1. The van der Waals surface area contributed by atoms with E-state index in [1.54, 1.807) is 7.05 Å². The van der Waals surface area contributed by atoms with Crippen molar-refractivity contribution in [1.82, 2.24) is 19.5 Å². The molecule has 0 fully saturated rings. The SMILES string of the molecule is Cn1c(=O)[nH]c(=O)c2[nH]c(NCc3ccccc3)nc21. The second kappa shape index (κ2) is 4.69. The van der Waals surface area contributed by atoms with Crippen molar-refractivity contribution >= 4 is 17.1 Å². The van der Waals surface area contributed by atoms with Gasteiger partial charge in [-0.05, 0) is 5.56 Å². The van der Waals surface area contributed by atoms with Gasteiger partial charge in [-0.2, -0.15) is 4.98 Å². The summed E-state index contributed by atoms with van der Waals surface area (Å²) in [6.45, 7) is 0.576. The highest BCUT2D eigenvalue weighted by molar-refractivity contribution is 5.72. The first-order chi connectivity index (χ1) is 9.65. The highest BCUT2D eigenvalue weighted by Gasteiger charge is 2.10. The normalized spacial score (nSPS) is 10.8. The number of aromatic nitrogens is 4. The molecule has 0 bridgehead atoms. The van der Waals surface area contributed by atoms with Crippen molar-refractivity contribution < 1.29 is 0 Å². The van der Waals surface area contributed by atoms with Gasteiger partial charge in [-0.15, -0.1) is 0 Å². The molecule has 1 aromatic carbocycles. The van der Waals surface area contributed by atoms with Crippen LogP contribution in [-0.4, -0.2) is 19.5 Å². The van der Waals surface area contributed by atoms with E-state index < -0.39 is 11.2 Å². The molecule has 20 heavy (non-hydrogen) atoms. The third-order valence-corrected chi connectivity index (χ3v) is 3.06. The summed E-state index contributed by atoms with van der Waals surface area (Å²) < 4.78 is 1.29. The van der Waals surface area contributed by atoms with E-state index in [-0.39, 0.29) is 5.52 Å². The van der Waals surface area contributed by atoms with Crippen LogP contribution in [0.1, 0.15) is 5.56 Å². The van der Waals surface area contributed by atoms with Gasteiger partial charge in [0, 0.05) is 13.6 Å². The van der Waals surface area contributed by atoms with E-state index in [1.807, 2.05) is 30.3 Å². The molecule has 0 radical (unpaired) electrons. The van der Waals surface area contributed by atoms with Gasteiger partial charge in [-0.25, -0.2) is 4.79 Å². The van der Waals surface area contributed by atoms with Crippen molar-refractivity contribution in [2.75, 3.05) is 5.32 Å². The van der Waals surface area contributed by atoms with Crippen molar-refractivity contribution in [3.8, 4) is 0 Å². The Morgan fingerprint density at radius 1 is 1.20 bits per heavy atom. The Morgan fingerprint density at radius 2 is 1.95 bits per heavy atom. The molecule has 102 valence electrons. The number of aromatic amines is 2. The number of hydrogen-bond acceptors (Lipinski definition) is 4. The lowest BCUT2D eigenvalue weighted by atomic mass is 10.2. The quantitative estimate of drug-likeness (QED) is 0.648. The average Bonchev–Trinajstić information content (AvgIpc) is 2.89. The first-order valence-electron chi connectivity index (χ1n) is 6.12. The molecule has 0 aliphatic heterocycles. The van der Waals surface area contributed by atoms with E-state index in [1.165, 1.54) is 4.57 Å². The Balaban J connectivity index is 1.94. The fourth-order valence-electron chi connectivity index (χ4n) is 1.97. The van der Waals surface area contributed by atoms with E-state index in [4.69, 9.17) is 0 Å². The topological polar surface area (TPSA) is 95.6 Å². The van der Waals surface area contributed by atoms with Gasteiger partial charge in [0.15, 0.2) is 11.2 Å². The molecule has 3 N–H and O–H groups in total. The minimum absolute atomic E-state index is 0.280. The van der Waals surface area contributed by atoms with Crippen LogP contribution in [0.15, 0.2) is 39.9 Å². The molecule has 0 aliphatic carbocycles. The van der Waals surface area contributed by atoms with Gasteiger partial charge in [-0.1, -0.05) is 30.3 Å². The van der Waals surface area contributed by atoms with Crippen LogP contribution in [0.3, 0.4) is 0 Å². The van der Waals surface area contributed by atoms with E-state index in [0.29, 0.717) is 18.1 Å². The number of hydrogen-bond donors (Lipinski definition) is 3. The smallest absolute Gasteiger partial charge is 0.329 e. The van der Waals surface area contributed by atoms with Crippen LogP contribution >= 0.6 is 0 Å². The van der Waals surface area contributed by atoms with Crippen molar-refractivity contribution in [2.24, 2.45) is 7.05 Å². The lowest BCUT2D eigenvalue weighted by Gasteiger charge is -2.01. The van der Waals surface area contributed by atoms with Gasteiger partial charge in [0.2, 0.25) is 5.95 Å². The number of rotatable bonds is 3. The van der Waals surface area contributed by atoms with Gasteiger partial charge >= 0.3 is 5.69 Å². The molecule has 0 aliphatic rings. The van der Waals surface area contributed by atoms with Gasteiger partial charge in [0.25, 0.3) is 5.56 Å². The van der Waals surface area contributed by atoms with Crippen LogP contribution in [0.2, 0.25) is 0 Å². The molecule has 0 amide bonds. The monoisotopic (exact) mass is 271 g/mol. The largest absolute Gasteiger partial charge is 0.352 e. The van der Waals surface area contributed by atoms with Crippen LogP contribution in [-0.2, 0) is 13.6 Å². The molecular formula is C13H13N5O2. The molecule has 0 unspecified atom stereocenters. The fourth-order valence-corrected chi connectivity index (χ4v) is 1.97. The Morgan fingerprint density at radius 3 is 2.70 bits per heavy atom. The number of aryl methyl sites for hydroxylation is 1. The van der Waals surface area contributed by atoms with Crippen molar-refractivity contribution in [3.05, 3.63) is 56.7 Å². The molecule has 7 nitrogen and oxygen atoms in total. The summed E-state index contributed by atoms with van der Waals surface area (Å²) >= 11 is 0. The Labute approximate surface area is 113 Å². The minimum Gasteiger partial charge on any atom is -0.352 e. The average molecular weight is 271 g/mol. The maximum atomic E-state index is 11.7. The minimum atomic E-state index is -0.483. The molecule has 7 heteroatoms. The molecule has 3 rings (SSSR count). The van der Waals surface area contributed by atoms with Gasteiger partial charge in [-0.3, -0.25) is 14.3 Å². The third kappa shape index (κ3) is 2.09. The maximum Gasteiger partial charge on any atom is 0.329 e. The van der Waals surface area contributed by atoms with Gasteiger partial charge < -0.3 is 10.3 Å². The number of anilines is 1. The fraction of sp³-hybridized carbons (Fsp3) is 0.154. The first-order valence-corrected chi connectivity index (χ1v) is 6.12. The zero-order chi connectivity index (χ0) is 14.1. The van der Waals surface area contributed by atoms with Crippen LogP contribution in [0, 0.1) is 0 Å². The summed E-state index contributed by atoms with van der Waals surface area (Å²) in [5.74, 6) is 0.454. The predicted molar refractivity (Wildman–Crippen MR) is 75.7 cm³/mol. The second-order valence-electron chi connectivity index (χ2n) is 4.44. The lowest BCUT2D eigenvalue weighted by Crippen LogP contribution is -2.28. The van der Waals surface area contributed by atoms with Crippen molar-refractivity contribution in [3.63, 3.8) is 0 Å². The number of nitrogens with zero attached hydrogens (tertiary/aromatic N) is 2. The second-order valence-corrected chi connectivity index (χ2v) is 4.44. The molecular weight excluding hydrogens is 258 g/mol. The summed E-state index contributed by atoms with van der Waals surface area (Å²) in [6.07, 6.45) is 0. The number of nitrogens with one attached hydrogen (secondary N) is 3. The maximum absolute atomic E-state index is 11.7. The summed E-state index contributed by atoms with van der Waals surface area (Å²) in [5, 5.41) is 3.09. The zero-order valence-corrected chi connectivity index (χ0v) is 10.8. The molecule has 0 saturated carbocycles. The highest BCUT2D eigenvalue weighted by Crippen LogP contribution is 2.09. The number of benzene rings is 1. The Bertz CT molecular complexity index is 860. The predicted octanol–water partition coefficient (Wildman–Crippen LogP) is 0.562. The first kappa shape index (κ1) is 12.2. The van der Waals surface area contributed by atoms with Crippen molar-refractivity contribution in [1.29, 1.82) is 0 Å². The molecule has 0 spiro atoms. The van der Waals surface area contributed by atoms with Crippen LogP contribution in [0.25, 0.3) is 11.2 Å². The zero-order valence-electron chi connectivity index (χ0n) is 10.8. The van der Waals surface area contributed by atoms with Gasteiger partial charge in [0.1, 0.15) is 0 Å². The third-order valence-electron chi connectivity index (χ3n) is 3.06. The van der Waals surface area contributed by atoms with Crippen LogP contribution < -0.4 is 16.6 Å². The summed E-state index contributed by atoms with van der Waals surface area (Å²) in [6, 6.07) is 9.81. The lowest BCUT2D eigenvalue weighted by molar-refractivity contribution is 0.832. The molecule has 0 saturated heterocycles. The standard InChI is InChI=1S/C13H13N5O2/c1-18-10-9(11(19)17-13(18)20)15-12(16-10)14-7-8-5-3-2-4-6-8/h2-6H,7H2,1H3,(H2,14,15,16)(H,17,19,20). The summed E-state index contributed by atoms with van der Waals surface area (Å²) in [7, 11) is 1.56. The molecule has 2 aromatic heterocycles. The summed E-state index contributed by atoms with van der Waals surface area (Å²) in [5.41, 5.74) is 0.750. The van der Waals surface area contributed by atoms with E-state index >= 15 is 0 Å². The molecule has 3 aromatic rings. The molecule has 0 atom stereocenters. The summed E-state index contributed by atoms with van der Waals surface area (Å²) in [4.78, 5) is 32.5. The highest BCUT2D eigenvalue weighted by atomic mass is 16.2. The number of fused-ring (bicyclic) bond motifs is 1. The van der Waals surface area contributed by atoms with Crippen LogP contribution in [0.5, 0.6) is 0 Å².